The average Bonchev–Trinajstić information content (AvgIpc) is 3.37. The van der Waals surface area contributed by atoms with E-state index in [-0.39, 0.29) is 5.41 Å². The van der Waals surface area contributed by atoms with E-state index in [9.17, 15) is 0 Å². The maximum absolute atomic E-state index is 6.61. The predicted octanol–water partition coefficient (Wildman–Crippen LogP) is 8.36. The third-order valence-electron chi connectivity index (χ3n) is 8.08. The minimum atomic E-state index is -0.0109. The van der Waals surface area contributed by atoms with Crippen molar-refractivity contribution in [2.75, 3.05) is 0 Å². The molecule has 0 saturated heterocycles. The number of aryl methyl sites for hydroxylation is 2. The van der Waals surface area contributed by atoms with E-state index in [1.807, 2.05) is 0 Å². The first kappa shape index (κ1) is 21.1. The Labute approximate surface area is 211 Å². The number of benzene rings is 4. The Kier molecular flexibility index (Phi) is 4.35. The van der Waals surface area contributed by atoms with E-state index < -0.39 is 0 Å². The molecule has 1 aliphatic carbocycles. The lowest BCUT2D eigenvalue weighted by Crippen LogP contribution is -2.30. The van der Waals surface area contributed by atoms with E-state index in [1.54, 1.807) is 0 Å². The van der Waals surface area contributed by atoms with Gasteiger partial charge in [0, 0.05) is 28.3 Å². The molecule has 1 aliphatic rings. The van der Waals surface area contributed by atoms with Gasteiger partial charge in [-0.25, -0.2) is 4.57 Å². The van der Waals surface area contributed by atoms with Crippen molar-refractivity contribution < 1.29 is 8.98 Å². The Hall–Kier alpha value is -4.17. The predicted molar refractivity (Wildman–Crippen MR) is 148 cm³/mol. The normalized spacial score (nSPS) is 13.8. The molecular formula is C34H28NO+. The zero-order chi connectivity index (χ0) is 24.6. The zero-order valence-electron chi connectivity index (χ0n) is 21.1. The molecule has 0 saturated carbocycles. The van der Waals surface area contributed by atoms with Crippen LogP contribution in [0.5, 0.6) is 0 Å². The first-order valence-electron chi connectivity index (χ1n) is 12.6. The van der Waals surface area contributed by atoms with Crippen LogP contribution >= 0.6 is 0 Å². The topological polar surface area (TPSA) is 17.0 Å². The van der Waals surface area contributed by atoms with Crippen molar-refractivity contribution in [3.8, 4) is 33.5 Å². The largest absolute Gasteiger partial charge is 0.455 e. The van der Waals surface area contributed by atoms with Crippen LogP contribution in [0.3, 0.4) is 0 Å². The van der Waals surface area contributed by atoms with Gasteiger partial charge in [-0.2, -0.15) is 0 Å². The van der Waals surface area contributed by atoms with E-state index >= 15 is 0 Å². The SMILES string of the molecule is Cc1ccc2c(oc3cc(-c4ccc5c(c4)C(C)(C)c4ccccc4-5)ccc32)c1-c1cccc[n+]1C. The highest BCUT2D eigenvalue weighted by Crippen LogP contribution is 2.49. The Balaban J connectivity index is 1.40. The number of hydrogen-bond acceptors (Lipinski definition) is 1. The summed E-state index contributed by atoms with van der Waals surface area (Å²) >= 11 is 0. The van der Waals surface area contributed by atoms with Crippen molar-refractivity contribution in [3.63, 3.8) is 0 Å². The first-order chi connectivity index (χ1) is 17.4. The van der Waals surface area contributed by atoms with Gasteiger partial charge in [0.1, 0.15) is 18.2 Å². The molecule has 174 valence electrons. The molecule has 2 aromatic heterocycles. The molecule has 0 aliphatic heterocycles. The van der Waals surface area contributed by atoms with Crippen LogP contribution in [-0.4, -0.2) is 0 Å². The van der Waals surface area contributed by atoms with Gasteiger partial charge in [-0.05, 0) is 70.1 Å². The van der Waals surface area contributed by atoms with Crippen LogP contribution in [0.2, 0.25) is 0 Å². The molecule has 2 nitrogen and oxygen atoms in total. The van der Waals surface area contributed by atoms with E-state index in [0.29, 0.717) is 0 Å². The van der Waals surface area contributed by atoms with Crippen molar-refractivity contribution in [2.45, 2.75) is 26.2 Å². The summed E-state index contributed by atoms with van der Waals surface area (Å²) in [5.74, 6) is 0. The molecule has 6 aromatic rings. The lowest BCUT2D eigenvalue weighted by molar-refractivity contribution is -0.660. The minimum absolute atomic E-state index is 0.0109. The number of furan rings is 1. The summed E-state index contributed by atoms with van der Waals surface area (Å²) in [6.45, 7) is 6.82. The third-order valence-corrected chi connectivity index (χ3v) is 8.08. The summed E-state index contributed by atoms with van der Waals surface area (Å²) < 4.78 is 8.76. The zero-order valence-corrected chi connectivity index (χ0v) is 21.1. The molecule has 0 unspecified atom stereocenters. The lowest BCUT2D eigenvalue weighted by atomic mass is 9.81. The molecule has 0 amide bonds. The van der Waals surface area contributed by atoms with Crippen LogP contribution < -0.4 is 4.57 Å². The molecule has 0 fully saturated rings. The Morgan fingerprint density at radius 2 is 1.42 bits per heavy atom. The van der Waals surface area contributed by atoms with Gasteiger partial charge in [0.2, 0.25) is 5.69 Å². The van der Waals surface area contributed by atoms with E-state index in [1.165, 1.54) is 38.9 Å². The average molecular weight is 467 g/mol. The molecule has 0 spiro atoms. The fourth-order valence-corrected chi connectivity index (χ4v) is 6.10. The van der Waals surface area contributed by atoms with Gasteiger partial charge < -0.3 is 4.42 Å². The molecule has 0 radical (unpaired) electrons. The summed E-state index contributed by atoms with van der Waals surface area (Å²) in [4.78, 5) is 0. The van der Waals surface area contributed by atoms with Gasteiger partial charge in [0.05, 0.1) is 5.56 Å². The van der Waals surface area contributed by atoms with Gasteiger partial charge in [0.15, 0.2) is 6.20 Å². The molecule has 0 N–H and O–H groups in total. The number of pyridine rings is 1. The molecule has 36 heavy (non-hydrogen) atoms. The fraction of sp³-hybridized carbons (Fsp3) is 0.147. The molecule has 0 bridgehead atoms. The highest BCUT2D eigenvalue weighted by molar-refractivity contribution is 6.10. The molecule has 0 atom stereocenters. The van der Waals surface area contributed by atoms with Crippen molar-refractivity contribution in [3.05, 3.63) is 114 Å². The molecule has 2 heteroatoms. The Morgan fingerprint density at radius 3 is 2.28 bits per heavy atom. The van der Waals surface area contributed by atoms with Crippen molar-refractivity contribution >= 4 is 21.9 Å². The maximum atomic E-state index is 6.61. The number of rotatable bonds is 2. The van der Waals surface area contributed by atoms with Gasteiger partial charge >= 0.3 is 0 Å². The number of hydrogen-bond donors (Lipinski definition) is 0. The van der Waals surface area contributed by atoms with Crippen molar-refractivity contribution in [1.82, 2.24) is 0 Å². The molecule has 7 rings (SSSR count). The van der Waals surface area contributed by atoms with E-state index in [2.05, 4.69) is 130 Å². The molecule has 4 aromatic carbocycles. The van der Waals surface area contributed by atoms with Crippen LogP contribution in [0, 0.1) is 6.92 Å². The summed E-state index contributed by atoms with van der Waals surface area (Å²) in [6.07, 6.45) is 2.09. The monoisotopic (exact) mass is 466 g/mol. The highest BCUT2D eigenvalue weighted by Gasteiger charge is 2.35. The summed E-state index contributed by atoms with van der Waals surface area (Å²) in [7, 11) is 2.09. The Bertz CT molecular complexity index is 1840. The first-order valence-corrected chi connectivity index (χ1v) is 12.6. The van der Waals surface area contributed by atoms with Crippen molar-refractivity contribution in [1.29, 1.82) is 0 Å². The van der Waals surface area contributed by atoms with Crippen LogP contribution in [0.4, 0.5) is 0 Å². The van der Waals surface area contributed by atoms with Crippen LogP contribution in [-0.2, 0) is 12.5 Å². The number of nitrogens with zero attached hydrogens (tertiary/aromatic N) is 1. The lowest BCUT2D eigenvalue weighted by Gasteiger charge is -2.22. The number of aromatic nitrogens is 1. The minimum Gasteiger partial charge on any atom is -0.455 e. The summed E-state index contributed by atoms with van der Waals surface area (Å²) in [6, 6.07) is 33.1. The van der Waals surface area contributed by atoms with E-state index in [0.717, 1.165) is 33.2 Å². The maximum Gasteiger partial charge on any atom is 0.216 e. The Morgan fingerprint density at radius 1 is 0.694 bits per heavy atom. The summed E-state index contributed by atoms with van der Waals surface area (Å²) in [5, 5.41) is 2.31. The molecular weight excluding hydrogens is 438 g/mol. The second-order valence-corrected chi connectivity index (χ2v) is 10.6. The van der Waals surface area contributed by atoms with Gasteiger partial charge in [0.25, 0.3) is 0 Å². The second kappa shape index (κ2) is 7.41. The third kappa shape index (κ3) is 2.88. The van der Waals surface area contributed by atoms with Crippen molar-refractivity contribution in [2.24, 2.45) is 7.05 Å². The van der Waals surface area contributed by atoms with Gasteiger partial charge in [-0.15, -0.1) is 0 Å². The molecule has 2 heterocycles. The highest BCUT2D eigenvalue weighted by atomic mass is 16.3. The quantitative estimate of drug-likeness (QED) is 0.234. The van der Waals surface area contributed by atoms with Crippen LogP contribution in [0.15, 0.2) is 102 Å². The fourth-order valence-electron chi connectivity index (χ4n) is 6.10. The summed E-state index contributed by atoms with van der Waals surface area (Å²) in [5.41, 5.74) is 13.3. The van der Waals surface area contributed by atoms with Crippen LogP contribution in [0.25, 0.3) is 55.4 Å². The van der Waals surface area contributed by atoms with Gasteiger partial charge in [-0.3, -0.25) is 0 Å². The van der Waals surface area contributed by atoms with E-state index in [4.69, 9.17) is 4.42 Å². The number of fused-ring (bicyclic) bond motifs is 6. The second-order valence-electron chi connectivity index (χ2n) is 10.6. The smallest absolute Gasteiger partial charge is 0.216 e. The standard InChI is InChI=1S/C34H28NO/c1-21-12-15-27-26-17-14-23(20-31(26)36-33(27)32(21)30-11-7-8-18-35(30)4)22-13-16-25-24-9-5-6-10-28(24)34(2,3)29(25)19-22/h5-20H,1-4H3/q+1. The van der Waals surface area contributed by atoms with Crippen LogP contribution in [0.1, 0.15) is 30.5 Å². The van der Waals surface area contributed by atoms with Gasteiger partial charge in [-0.1, -0.05) is 68.4 Å².